The molecule has 0 fully saturated rings. The van der Waals surface area contributed by atoms with Crippen LogP contribution in [0.25, 0.3) is 79.8 Å². The Morgan fingerprint density at radius 1 is 0.500 bits per heavy atom. The molecular weight excluding hydrogens is 802 g/mol. The first-order valence-corrected chi connectivity index (χ1v) is 19.4. The van der Waals surface area contributed by atoms with Crippen LogP contribution in [0, 0.1) is 13.8 Å². The van der Waals surface area contributed by atoms with Gasteiger partial charge < -0.3 is 9.97 Å². The van der Waals surface area contributed by atoms with Crippen molar-refractivity contribution >= 4 is 62.3 Å². The molecule has 0 radical (unpaired) electrons. The second-order valence-electron chi connectivity index (χ2n) is 14.4. The minimum Gasteiger partial charge on any atom is -0.657 e. The van der Waals surface area contributed by atoms with Crippen molar-refractivity contribution in [2.75, 3.05) is 0 Å². The quantitative estimate of drug-likeness (QED) is 0.102. The molecule has 56 heavy (non-hydrogen) atoms. The van der Waals surface area contributed by atoms with Crippen LogP contribution in [-0.2, 0) is 24.9 Å². The molecule has 6 heteroatoms. The van der Waals surface area contributed by atoms with Gasteiger partial charge in [-0.25, -0.2) is 9.97 Å². The van der Waals surface area contributed by atoms with Gasteiger partial charge in [-0.1, -0.05) is 126 Å². The summed E-state index contributed by atoms with van der Waals surface area (Å²) in [7, 11) is 0. The van der Waals surface area contributed by atoms with Crippen LogP contribution >= 0.6 is 15.9 Å². The van der Waals surface area contributed by atoms with Gasteiger partial charge in [0.15, 0.2) is 0 Å². The molecule has 270 valence electrons. The number of aromatic nitrogens is 4. The van der Waals surface area contributed by atoms with Gasteiger partial charge in [-0.05, 0) is 112 Å². The Bertz CT molecular complexity index is 2620. The molecule has 0 saturated heterocycles. The van der Waals surface area contributed by atoms with E-state index in [-0.39, 0.29) is 24.9 Å². The van der Waals surface area contributed by atoms with Gasteiger partial charge >= 0.3 is 19.5 Å². The standard InChI is InChI=1S/C50H41BrN4.Zn/c1-6-29-50(30-7-2,31-8-3)37-19-17-36(18-20-37)48-40-23-21-38(52-40)46(34-13-9-32(4)10-14-34)42-25-27-44(54-42)49(51)45-28-26-43(55-45)47(39-22-24-41(48)53-39)35-15-11-33(5)12-16-35;/h6-28H,1-3,29-31H2,4-5H3;/q-2;+2. The first kappa shape index (κ1) is 38.8. The van der Waals surface area contributed by atoms with Gasteiger partial charge in [0, 0.05) is 9.89 Å². The summed E-state index contributed by atoms with van der Waals surface area (Å²) in [5.74, 6) is 0. The van der Waals surface area contributed by atoms with Crippen LogP contribution in [0.1, 0.15) is 58.7 Å². The van der Waals surface area contributed by atoms with Crippen molar-refractivity contribution in [1.29, 1.82) is 0 Å². The molecule has 8 rings (SSSR count). The third-order valence-electron chi connectivity index (χ3n) is 10.6. The zero-order chi connectivity index (χ0) is 38.1. The largest absolute Gasteiger partial charge is 2.00 e. The number of aryl methyl sites for hydroxylation is 2. The predicted molar refractivity (Wildman–Crippen MR) is 236 cm³/mol. The summed E-state index contributed by atoms with van der Waals surface area (Å²) in [5.41, 5.74) is 16.1. The average Bonchev–Trinajstić information content (AvgIpc) is 4.03. The number of fused-ring (bicyclic) bond motifs is 8. The maximum absolute atomic E-state index is 5.39. The first-order valence-electron chi connectivity index (χ1n) is 18.6. The van der Waals surface area contributed by atoms with Crippen molar-refractivity contribution in [3.63, 3.8) is 0 Å². The summed E-state index contributed by atoms with van der Waals surface area (Å²) >= 11 is 3.87. The number of halogens is 1. The molecule has 8 bridgehead atoms. The maximum Gasteiger partial charge on any atom is 2.00 e. The molecule has 0 spiro atoms. The molecule has 3 aromatic heterocycles. The van der Waals surface area contributed by atoms with E-state index in [1.54, 1.807) is 0 Å². The molecule has 0 saturated carbocycles. The van der Waals surface area contributed by atoms with Gasteiger partial charge in [-0.3, -0.25) is 0 Å². The summed E-state index contributed by atoms with van der Waals surface area (Å²) in [5, 5.41) is 0. The Morgan fingerprint density at radius 2 is 0.839 bits per heavy atom. The smallest absolute Gasteiger partial charge is 0.657 e. The van der Waals surface area contributed by atoms with E-state index in [1.165, 1.54) is 16.7 Å². The van der Waals surface area contributed by atoms with Crippen molar-refractivity contribution in [3.05, 3.63) is 179 Å². The van der Waals surface area contributed by atoms with E-state index in [2.05, 4.69) is 159 Å². The number of nitrogens with zero attached hydrogens (tertiary/aromatic N) is 4. The number of allylic oxidation sites excluding steroid dienone is 3. The summed E-state index contributed by atoms with van der Waals surface area (Å²) in [6.07, 6.45) is 16.8. The molecule has 4 nitrogen and oxygen atoms in total. The van der Waals surface area contributed by atoms with E-state index in [0.29, 0.717) is 0 Å². The van der Waals surface area contributed by atoms with Gasteiger partial charge in [0.25, 0.3) is 0 Å². The van der Waals surface area contributed by atoms with E-state index in [9.17, 15) is 0 Å². The van der Waals surface area contributed by atoms with E-state index in [1.807, 2.05) is 30.4 Å². The van der Waals surface area contributed by atoms with Gasteiger partial charge in [-0.2, -0.15) is 0 Å². The molecule has 2 aliphatic rings. The third-order valence-corrected chi connectivity index (χ3v) is 11.4. The minimum atomic E-state index is -0.161. The number of hydrogen-bond donors (Lipinski definition) is 0. The zero-order valence-corrected chi connectivity index (χ0v) is 36.4. The third kappa shape index (κ3) is 7.32. The maximum atomic E-state index is 5.39. The second-order valence-corrected chi connectivity index (χ2v) is 15.2. The average molecular weight is 843 g/mol. The SMILES string of the molecule is C=CCC(CC=C)(CC=C)c1ccc(-c2c3nc(c(-c4ccc(C)cc4)c4ccc([n-]4)c(Br)c4nc(c(-c5ccc(C)cc5)c5ccc2[n-]5)C=C4)C=C3)cc1.[Zn+2]. The molecule has 0 amide bonds. The number of rotatable bonds is 10. The van der Waals surface area contributed by atoms with Crippen LogP contribution in [-0.4, -0.2) is 9.97 Å². The first-order chi connectivity index (χ1) is 26.8. The van der Waals surface area contributed by atoms with Crippen LogP contribution in [0.4, 0.5) is 0 Å². The Hall–Kier alpha value is -5.42. The summed E-state index contributed by atoms with van der Waals surface area (Å²) < 4.78 is 0.827. The normalized spacial score (nSPS) is 12.0. The van der Waals surface area contributed by atoms with E-state index < -0.39 is 0 Å². The molecule has 3 aromatic carbocycles. The fourth-order valence-corrected chi connectivity index (χ4v) is 8.25. The number of benzene rings is 3. The fraction of sp³-hybridized carbons (Fsp3) is 0.120. The molecule has 2 aliphatic heterocycles. The molecule has 6 aromatic rings. The summed E-state index contributed by atoms with van der Waals surface area (Å²) in [4.78, 5) is 21.1. The topological polar surface area (TPSA) is 54.0 Å². The van der Waals surface area contributed by atoms with Crippen LogP contribution in [0.15, 0.2) is 139 Å². The van der Waals surface area contributed by atoms with E-state index >= 15 is 0 Å². The Kier molecular flexibility index (Phi) is 11.3. The molecular formula is C50H41BrN4Zn. The van der Waals surface area contributed by atoms with Crippen molar-refractivity contribution in [3.8, 4) is 33.4 Å². The minimum absolute atomic E-state index is 0. The van der Waals surface area contributed by atoms with Gasteiger partial charge in [0.05, 0.1) is 22.8 Å². The van der Waals surface area contributed by atoms with Crippen LogP contribution < -0.4 is 9.97 Å². The molecule has 5 heterocycles. The van der Waals surface area contributed by atoms with E-state index in [4.69, 9.17) is 19.9 Å². The van der Waals surface area contributed by atoms with Crippen molar-refractivity contribution in [2.45, 2.75) is 38.5 Å². The Labute approximate surface area is 350 Å². The molecule has 0 unspecified atom stereocenters. The fourth-order valence-electron chi connectivity index (χ4n) is 7.80. The Balaban J connectivity index is 0.00000480. The van der Waals surface area contributed by atoms with Crippen LogP contribution in [0.3, 0.4) is 0 Å². The molecule has 0 atom stereocenters. The van der Waals surface area contributed by atoms with Crippen molar-refractivity contribution in [2.24, 2.45) is 0 Å². The monoisotopic (exact) mass is 840 g/mol. The number of hydrogen-bond acceptors (Lipinski definition) is 2. The zero-order valence-electron chi connectivity index (χ0n) is 31.9. The van der Waals surface area contributed by atoms with E-state index in [0.717, 1.165) is 102 Å². The van der Waals surface area contributed by atoms with Crippen molar-refractivity contribution < 1.29 is 19.5 Å². The van der Waals surface area contributed by atoms with Gasteiger partial charge in [0.2, 0.25) is 0 Å². The van der Waals surface area contributed by atoms with Crippen LogP contribution in [0.5, 0.6) is 0 Å². The Morgan fingerprint density at radius 3 is 1.25 bits per heavy atom. The summed E-state index contributed by atoms with van der Waals surface area (Å²) in [6, 6.07) is 34.3. The summed E-state index contributed by atoms with van der Waals surface area (Å²) in [6.45, 7) is 16.5. The molecule has 0 aliphatic carbocycles. The molecule has 0 N–H and O–H groups in total. The second kappa shape index (κ2) is 16.4. The predicted octanol–water partition coefficient (Wildman–Crippen LogP) is 13.3. The van der Waals surface area contributed by atoms with Gasteiger partial charge in [-0.15, -0.1) is 41.8 Å². The van der Waals surface area contributed by atoms with Crippen LogP contribution in [0.2, 0.25) is 0 Å². The van der Waals surface area contributed by atoms with Gasteiger partial charge in [0.1, 0.15) is 0 Å². The van der Waals surface area contributed by atoms with Crippen molar-refractivity contribution in [1.82, 2.24) is 19.9 Å².